The van der Waals surface area contributed by atoms with Crippen molar-refractivity contribution in [1.29, 1.82) is 0 Å². The van der Waals surface area contributed by atoms with Gasteiger partial charge in [0, 0.05) is 11.5 Å². The van der Waals surface area contributed by atoms with E-state index in [4.69, 9.17) is 66.3 Å². The zero-order valence-corrected chi connectivity index (χ0v) is 43.8. The summed E-state index contributed by atoms with van der Waals surface area (Å²) in [6.45, 7) is -6.33. The summed E-state index contributed by atoms with van der Waals surface area (Å²) in [6, 6.07) is 0. The molecule has 21 N–H and O–H groups in total. The third kappa shape index (κ3) is 13.7. The van der Waals surface area contributed by atoms with Crippen LogP contribution in [0, 0.1) is 0 Å². The molecule has 82 heavy (non-hydrogen) atoms. The fourth-order valence-corrected chi connectivity index (χ4v) is 11.7. The van der Waals surface area contributed by atoms with Gasteiger partial charge in [-0.2, -0.15) is 11.8 Å². The molecule has 0 amide bonds. The number of ether oxygens (including phenoxy) is 14. The molecule has 0 saturated carbocycles. The lowest BCUT2D eigenvalue weighted by Gasteiger charge is -2.50. The summed E-state index contributed by atoms with van der Waals surface area (Å²) in [7, 11) is 0. The average Bonchev–Trinajstić information content (AvgIpc) is 3.67. The highest BCUT2D eigenvalue weighted by molar-refractivity contribution is 7.99. The largest absolute Gasteiger partial charge is 0.481 e. The Morgan fingerprint density at radius 2 is 0.439 bits per heavy atom. The molecule has 0 aromatic heterocycles. The van der Waals surface area contributed by atoms with Gasteiger partial charge in [0.25, 0.3) is 0 Å². The van der Waals surface area contributed by atoms with Crippen molar-refractivity contribution in [3.63, 3.8) is 0 Å². The van der Waals surface area contributed by atoms with Gasteiger partial charge in [0.05, 0.1) is 52.2 Å². The van der Waals surface area contributed by atoms with Crippen LogP contribution in [0.5, 0.6) is 0 Å². The maximum Gasteiger partial charge on any atom is 0.304 e. The number of thioether (sulfide) groups is 1. The van der Waals surface area contributed by atoms with Crippen molar-refractivity contribution in [1.82, 2.24) is 0 Å². The Bertz CT molecular complexity index is 1980. The zero-order chi connectivity index (χ0) is 59.8. The molecule has 0 spiro atoms. The number of aliphatic carboxylic acids is 1. The first-order valence-electron chi connectivity index (χ1n) is 26.2. The van der Waals surface area contributed by atoms with Gasteiger partial charge in [-0.05, 0) is 0 Å². The first kappa shape index (κ1) is 66.4. The highest BCUT2D eigenvalue weighted by Gasteiger charge is 2.59. The number of carbonyl (C=O) groups is 1. The van der Waals surface area contributed by atoms with Crippen molar-refractivity contribution in [2.45, 2.75) is 221 Å². The molecular weight excluding hydrogens is 1150 g/mol. The molecule has 21 aliphatic heterocycles. The van der Waals surface area contributed by atoms with Gasteiger partial charge in [0.15, 0.2) is 44.0 Å². The predicted octanol–water partition coefficient (Wildman–Crippen LogP) is -14.0. The minimum Gasteiger partial charge on any atom is -0.481 e. The maximum absolute atomic E-state index is 11.6. The van der Waals surface area contributed by atoms with Gasteiger partial charge in [-0.15, -0.1) is 0 Å². The first-order chi connectivity index (χ1) is 39.0. The molecule has 21 rings (SSSR count). The van der Waals surface area contributed by atoms with E-state index < -0.39 is 261 Å². The standard InChI is InChI=1S/C45H74O36S/c46-3-10-32-19(55)26(62)40(69-10)77-34-12(5-48)71-42(28(64)21(34)57)79-36-14(7-50)73-44(30(66)23(36)59)81-38-16(9-82-2-1-17(52)53)74-45(31(67)24(38)60)80-37-15(8-51)72-43(29(65)22(37)58)78-35-13(6-49)70-41(27(63)20(35)56)76-33-11(4-47)68-39(75-32)25(61)18(33)54/h10-16,18-51,54-67H,1-9H2,(H,52,53)/t10-,11-,12-,13-,14-,15-,16-,18-,19-,20-,21-,22-,23-,24-,25-,26-,27-,28-,29-,30-,31-,32-,33-,34-,35-,36-,37-,38-,39-,40-,41-,42-,43-,44-,45-/m1/s1. The van der Waals surface area contributed by atoms with Gasteiger partial charge in [-0.1, -0.05) is 0 Å². The van der Waals surface area contributed by atoms with E-state index in [1.165, 1.54) is 0 Å². The monoisotopic (exact) mass is 1220 g/mol. The second-order valence-corrected chi connectivity index (χ2v) is 21.8. The van der Waals surface area contributed by atoms with Crippen LogP contribution in [0.4, 0.5) is 0 Å². The van der Waals surface area contributed by atoms with Crippen LogP contribution in [0.1, 0.15) is 6.42 Å². The Labute approximate surface area is 467 Å². The number of hydrogen-bond donors (Lipinski definition) is 21. The highest BCUT2D eigenvalue weighted by Crippen LogP contribution is 2.39. The molecule has 35 atom stereocenters. The summed E-state index contributed by atoms with van der Waals surface area (Å²) in [5.74, 6) is -1.56. The van der Waals surface area contributed by atoms with Crippen LogP contribution in [-0.4, -0.2) is 379 Å². The molecule has 0 aromatic rings. The second-order valence-electron chi connectivity index (χ2n) is 20.7. The van der Waals surface area contributed by atoms with E-state index in [1.807, 2.05) is 0 Å². The summed E-state index contributed by atoms with van der Waals surface area (Å²) in [6.07, 6.45) is -70.6. The Kier molecular flexibility index (Phi) is 23.3. The molecule has 14 bridgehead atoms. The van der Waals surface area contributed by atoms with Gasteiger partial charge >= 0.3 is 5.97 Å². The van der Waals surface area contributed by atoms with E-state index in [9.17, 15) is 112 Å². The van der Waals surface area contributed by atoms with Crippen LogP contribution in [0.15, 0.2) is 0 Å². The number of hydrogen-bond acceptors (Lipinski definition) is 36. The predicted molar refractivity (Wildman–Crippen MR) is 251 cm³/mol. The normalized spacial score (nSPS) is 52.7. The van der Waals surface area contributed by atoms with E-state index in [1.54, 1.807) is 0 Å². The lowest BCUT2D eigenvalue weighted by molar-refractivity contribution is -0.396. The molecule has 37 heteroatoms. The Morgan fingerprint density at radius 1 is 0.268 bits per heavy atom. The Hall–Kier alpha value is -1.54. The molecule has 0 aliphatic carbocycles. The molecule has 36 nitrogen and oxygen atoms in total. The molecule has 21 heterocycles. The van der Waals surface area contributed by atoms with Gasteiger partial charge in [-0.3, -0.25) is 4.79 Å². The van der Waals surface area contributed by atoms with Crippen LogP contribution in [0.3, 0.4) is 0 Å². The zero-order valence-electron chi connectivity index (χ0n) is 43.0. The first-order valence-corrected chi connectivity index (χ1v) is 27.3. The third-order valence-corrected chi connectivity index (χ3v) is 16.4. The molecule has 0 aromatic carbocycles. The number of aliphatic hydroxyl groups is 20. The minimum absolute atomic E-state index is 0.0720. The molecule has 21 fully saturated rings. The van der Waals surface area contributed by atoms with Crippen molar-refractivity contribution in [2.24, 2.45) is 0 Å². The fraction of sp³-hybridized carbons (Fsp3) is 0.978. The molecular formula is C45H74O36S. The van der Waals surface area contributed by atoms with Crippen molar-refractivity contribution in [3.8, 4) is 0 Å². The summed E-state index contributed by atoms with van der Waals surface area (Å²) < 4.78 is 80.6. The van der Waals surface area contributed by atoms with E-state index in [0.29, 0.717) is 0 Å². The van der Waals surface area contributed by atoms with Crippen LogP contribution in [0.25, 0.3) is 0 Å². The second kappa shape index (κ2) is 28.7. The van der Waals surface area contributed by atoms with E-state index in [2.05, 4.69) is 0 Å². The van der Waals surface area contributed by atoms with Gasteiger partial charge in [-0.25, -0.2) is 0 Å². The average molecular weight is 1220 g/mol. The summed E-state index contributed by atoms with van der Waals surface area (Å²) >= 11 is 0.923. The van der Waals surface area contributed by atoms with Crippen molar-refractivity contribution in [2.75, 3.05) is 51.1 Å². The van der Waals surface area contributed by atoms with Gasteiger partial charge in [0.1, 0.15) is 165 Å². The van der Waals surface area contributed by atoms with Crippen LogP contribution < -0.4 is 0 Å². The molecule has 21 aliphatic rings. The molecule has 0 unspecified atom stereocenters. The summed E-state index contributed by atoms with van der Waals surface area (Å²) in [5, 5.41) is 231. The molecule has 21 saturated heterocycles. The van der Waals surface area contributed by atoms with Crippen LogP contribution >= 0.6 is 11.8 Å². The topological polar surface area (TPSA) is 571 Å². The van der Waals surface area contributed by atoms with Crippen molar-refractivity contribution < 1.29 is 178 Å². The lowest BCUT2D eigenvalue weighted by atomic mass is 9.95. The Balaban J connectivity index is 1.09. The van der Waals surface area contributed by atoms with E-state index in [0.717, 1.165) is 11.8 Å². The third-order valence-electron chi connectivity index (χ3n) is 15.3. The number of carboxylic acid groups (broad SMARTS) is 1. The van der Waals surface area contributed by atoms with Gasteiger partial charge < -0.3 is 174 Å². The van der Waals surface area contributed by atoms with Crippen LogP contribution in [-0.2, 0) is 71.1 Å². The highest BCUT2D eigenvalue weighted by atomic mass is 32.2. The summed E-state index contributed by atoms with van der Waals surface area (Å²) in [4.78, 5) is 11.4. The SMILES string of the molecule is O=C(O)CCSC[C@H]1O[C@@H]2O[C@H]3[C@H](O)[C@@H](O)[C@@H](O[C@H]4[C@H](O)[C@@H](O)[C@@H](O[C@H]5[C@H](O)[C@@H](O)[C@@H](O[C@H]6[C@H](O)[C@@H](O)[C@@H](O[C@H]7[C@H](O)[C@@H](O)[C@@H](O[C@H]8[C@H](O)[C@@H](O)[C@@H](O[C@H]1[C@H](O)[C@H]2O)O[C@@H]8CO)O[C@@H]7CO)O[C@@H]6CO)O[C@@H]5CO)O[C@@H]4CO)O[C@@H]3CO. The maximum atomic E-state index is 11.6. The number of carboxylic acids is 1. The van der Waals surface area contributed by atoms with Crippen molar-refractivity contribution >= 4 is 17.7 Å². The van der Waals surface area contributed by atoms with E-state index >= 15 is 0 Å². The smallest absolute Gasteiger partial charge is 0.304 e. The lowest BCUT2D eigenvalue weighted by Crippen LogP contribution is -2.68. The van der Waals surface area contributed by atoms with Crippen molar-refractivity contribution in [3.05, 3.63) is 0 Å². The minimum atomic E-state index is -2.22. The Morgan fingerprint density at radius 3 is 0.610 bits per heavy atom. The molecule has 0 radical (unpaired) electrons. The van der Waals surface area contributed by atoms with E-state index in [-0.39, 0.29) is 17.9 Å². The van der Waals surface area contributed by atoms with Crippen LogP contribution in [0.2, 0.25) is 0 Å². The summed E-state index contributed by atoms with van der Waals surface area (Å²) in [5.41, 5.74) is 0. The van der Waals surface area contributed by atoms with Gasteiger partial charge in [0.2, 0.25) is 0 Å². The number of aliphatic hydroxyl groups excluding tert-OH is 20. The molecule has 476 valence electrons. The quantitative estimate of drug-likeness (QED) is 0.0854. The fourth-order valence-electron chi connectivity index (χ4n) is 10.8. The number of rotatable bonds is 11.